The highest BCUT2D eigenvalue weighted by molar-refractivity contribution is 9.10. The van der Waals surface area contributed by atoms with Crippen LogP contribution in [0.4, 0.5) is 8.78 Å². The quantitative estimate of drug-likeness (QED) is 0.509. The van der Waals surface area contributed by atoms with E-state index in [2.05, 4.69) is 38.8 Å². The number of alkyl halides is 1. The summed E-state index contributed by atoms with van der Waals surface area (Å²) >= 11 is 6.46. The fourth-order valence-electron chi connectivity index (χ4n) is 1.34. The second-order valence-corrected chi connectivity index (χ2v) is 5.63. The van der Waals surface area contributed by atoms with Gasteiger partial charge >= 0.3 is 0 Å². The molecule has 1 unspecified atom stereocenters. The van der Waals surface area contributed by atoms with Crippen LogP contribution in [0.1, 0.15) is 19.8 Å². The van der Waals surface area contributed by atoms with Gasteiger partial charge in [0.05, 0.1) is 6.61 Å². The van der Waals surface area contributed by atoms with Crippen molar-refractivity contribution in [1.82, 2.24) is 0 Å². The number of hydrogen-bond donors (Lipinski definition) is 0. The summed E-state index contributed by atoms with van der Waals surface area (Å²) in [6, 6.07) is 2.52. The fourth-order valence-corrected chi connectivity index (χ4v) is 2.53. The van der Waals surface area contributed by atoms with Gasteiger partial charge in [0.15, 0.2) is 11.6 Å². The van der Waals surface area contributed by atoms with E-state index >= 15 is 0 Å². The molecule has 0 fully saturated rings. The Balaban J connectivity index is 2.52. The molecule has 1 rings (SSSR count). The molecule has 0 aliphatic heterocycles. The lowest BCUT2D eigenvalue weighted by Crippen LogP contribution is -2.06. The van der Waals surface area contributed by atoms with E-state index in [0.29, 0.717) is 17.0 Å². The molecule has 0 heterocycles. The van der Waals surface area contributed by atoms with Gasteiger partial charge in [-0.2, -0.15) is 4.39 Å². The number of ether oxygens (including phenoxy) is 1. The molecule has 0 N–H and O–H groups in total. The van der Waals surface area contributed by atoms with Gasteiger partial charge in [0.2, 0.25) is 5.82 Å². The minimum Gasteiger partial charge on any atom is -0.490 e. The van der Waals surface area contributed by atoms with Crippen LogP contribution < -0.4 is 4.74 Å². The van der Waals surface area contributed by atoms with Crippen LogP contribution in [0.3, 0.4) is 0 Å². The van der Waals surface area contributed by atoms with E-state index in [1.807, 2.05) is 0 Å². The van der Waals surface area contributed by atoms with Gasteiger partial charge in [-0.1, -0.05) is 38.8 Å². The molecule has 96 valence electrons. The largest absolute Gasteiger partial charge is 0.490 e. The lowest BCUT2D eigenvalue weighted by atomic mass is 10.1. The standard InChI is InChI=1S/C12H14Br2F2O/c1-8(2-4-13)3-5-17-11-7-9(14)6-10(15)12(11)16/h6-8H,2-5H2,1H3. The van der Waals surface area contributed by atoms with Crippen molar-refractivity contribution in [3.8, 4) is 5.75 Å². The molecule has 1 aromatic rings. The van der Waals surface area contributed by atoms with Crippen molar-refractivity contribution >= 4 is 31.9 Å². The Kier molecular flexibility index (Phi) is 6.41. The van der Waals surface area contributed by atoms with Crippen molar-refractivity contribution in [3.05, 3.63) is 28.2 Å². The summed E-state index contributed by atoms with van der Waals surface area (Å²) < 4.78 is 32.1. The van der Waals surface area contributed by atoms with Crippen molar-refractivity contribution < 1.29 is 13.5 Å². The fraction of sp³-hybridized carbons (Fsp3) is 0.500. The van der Waals surface area contributed by atoms with E-state index in [1.54, 1.807) is 0 Å². The molecule has 0 spiro atoms. The molecule has 17 heavy (non-hydrogen) atoms. The third-order valence-corrected chi connectivity index (χ3v) is 3.35. The molecule has 1 nitrogen and oxygen atoms in total. The van der Waals surface area contributed by atoms with E-state index < -0.39 is 11.6 Å². The van der Waals surface area contributed by atoms with Crippen LogP contribution in [0.15, 0.2) is 16.6 Å². The van der Waals surface area contributed by atoms with E-state index in [9.17, 15) is 8.78 Å². The molecule has 0 amide bonds. The zero-order valence-electron chi connectivity index (χ0n) is 9.48. The highest BCUT2D eigenvalue weighted by Gasteiger charge is 2.11. The van der Waals surface area contributed by atoms with Crippen LogP contribution in [0, 0.1) is 17.6 Å². The highest BCUT2D eigenvalue weighted by atomic mass is 79.9. The van der Waals surface area contributed by atoms with Gasteiger partial charge in [-0.05, 0) is 30.9 Å². The molecule has 0 bridgehead atoms. The third-order valence-electron chi connectivity index (χ3n) is 2.43. The van der Waals surface area contributed by atoms with Crippen LogP contribution in [0.5, 0.6) is 5.75 Å². The van der Waals surface area contributed by atoms with Gasteiger partial charge in [0, 0.05) is 9.80 Å². The van der Waals surface area contributed by atoms with Crippen molar-refractivity contribution in [3.63, 3.8) is 0 Å². The zero-order valence-corrected chi connectivity index (χ0v) is 12.7. The first-order chi connectivity index (χ1) is 8.04. The Hall–Kier alpha value is -0.160. The maximum atomic E-state index is 13.3. The van der Waals surface area contributed by atoms with Gasteiger partial charge in [0.25, 0.3) is 0 Å². The molecule has 0 saturated heterocycles. The lowest BCUT2D eigenvalue weighted by molar-refractivity contribution is 0.266. The maximum absolute atomic E-state index is 13.3. The van der Waals surface area contributed by atoms with Crippen LogP contribution in [-0.4, -0.2) is 11.9 Å². The molecule has 5 heteroatoms. The summed E-state index contributed by atoms with van der Waals surface area (Å²) in [7, 11) is 0. The summed E-state index contributed by atoms with van der Waals surface area (Å²) in [5.74, 6) is -1.37. The zero-order chi connectivity index (χ0) is 12.8. The Morgan fingerprint density at radius 2 is 2.00 bits per heavy atom. The normalized spacial score (nSPS) is 12.5. The van der Waals surface area contributed by atoms with Gasteiger partial charge in [-0.25, -0.2) is 4.39 Å². The Morgan fingerprint density at radius 1 is 1.29 bits per heavy atom. The summed E-state index contributed by atoms with van der Waals surface area (Å²) in [5.41, 5.74) is 0. The Bertz CT molecular complexity index is 372. The van der Waals surface area contributed by atoms with Crippen molar-refractivity contribution in [2.45, 2.75) is 19.8 Å². The smallest absolute Gasteiger partial charge is 0.200 e. The second kappa shape index (κ2) is 7.31. The Labute approximate surface area is 117 Å². The molecular weight excluding hydrogens is 358 g/mol. The lowest BCUT2D eigenvalue weighted by Gasteiger charge is -2.11. The van der Waals surface area contributed by atoms with Crippen molar-refractivity contribution in [2.24, 2.45) is 5.92 Å². The first kappa shape index (κ1) is 14.9. The SMILES string of the molecule is CC(CCBr)CCOc1cc(Br)cc(F)c1F. The molecule has 0 aromatic heterocycles. The average Bonchev–Trinajstić information content (AvgIpc) is 2.25. The summed E-state index contributed by atoms with van der Waals surface area (Å²) in [4.78, 5) is 0. The molecule has 0 aliphatic rings. The predicted molar refractivity (Wildman–Crippen MR) is 71.7 cm³/mol. The van der Waals surface area contributed by atoms with Gasteiger partial charge < -0.3 is 4.74 Å². The van der Waals surface area contributed by atoms with Gasteiger partial charge in [-0.15, -0.1) is 0 Å². The van der Waals surface area contributed by atoms with Gasteiger partial charge in [0.1, 0.15) is 0 Å². The van der Waals surface area contributed by atoms with Crippen LogP contribution in [-0.2, 0) is 0 Å². The van der Waals surface area contributed by atoms with Gasteiger partial charge in [-0.3, -0.25) is 0 Å². The summed E-state index contributed by atoms with van der Waals surface area (Å²) in [6.07, 6.45) is 1.86. The Morgan fingerprint density at radius 3 is 2.65 bits per heavy atom. The third kappa shape index (κ3) is 4.92. The monoisotopic (exact) mass is 370 g/mol. The number of rotatable bonds is 6. The van der Waals surface area contributed by atoms with E-state index in [0.717, 1.165) is 24.2 Å². The molecule has 1 atom stereocenters. The molecule has 1 aromatic carbocycles. The molecule has 0 saturated carbocycles. The van der Waals surface area contributed by atoms with E-state index in [1.165, 1.54) is 6.07 Å². The number of hydrogen-bond acceptors (Lipinski definition) is 1. The first-order valence-corrected chi connectivity index (χ1v) is 7.29. The van der Waals surface area contributed by atoms with Crippen LogP contribution >= 0.6 is 31.9 Å². The second-order valence-electron chi connectivity index (χ2n) is 3.92. The predicted octanol–water partition coefficient (Wildman–Crippen LogP) is 4.92. The molecule has 0 aliphatic carbocycles. The topological polar surface area (TPSA) is 9.23 Å². The first-order valence-electron chi connectivity index (χ1n) is 5.38. The van der Waals surface area contributed by atoms with Crippen molar-refractivity contribution in [1.29, 1.82) is 0 Å². The average molecular weight is 372 g/mol. The number of halogens is 4. The van der Waals surface area contributed by atoms with E-state index in [-0.39, 0.29) is 5.75 Å². The maximum Gasteiger partial charge on any atom is 0.200 e. The highest BCUT2D eigenvalue weighted by Crippen LogP contribution is 2.25. The van der Waals surface area contributed by atoms with Crippen LogP contribution in [0.25, 0.3) is 0 Å². The molecule has 0 radical (unpaired) electrons. The van der Waals surface area contributed by atoms with Crippen molar-refractivity contribution in [2.75, 3.05) is 11.9 Å². The van der Waals surface area contributed by atoms with Crippen LogP contribution in [0.2, 0.25) is 0 Å². The summed E-state index contributed by atoms with van der Waals surface area (Å²) in [6.45, 7) is 2.49. The minimum atomic E-state index is -0.929. The number of benzene rings is 1. The molecular formula is C12H14Br2F2O. The minimum absolute atomic E-state index is 0.0390. The van der Waals surface area contributed by atoms with E-state index in [4.69, 9.17) is 4.74 Å². The summed E-state index contributed by atoms with van der Waals surface area (Å²) in [5, 5.41) is 0.939.